The Labute approximate surface area is 195 Å². The highest BCUT2D eigenvalue weighted by Crippen LogP contribution is 2.38. The number of amides is 2. The van der Waals surface area contributed by atoms with Gasteiger partial charge in [0.05, 0.1) is 17.7 Å². The Hall–Kier alpha value is -3.02. The molecule has 2 aliphatic rings. The number of nitrogens with one attached hydrogen (secondary N) is 1. The topological polar surface area (TPSA) is 59.3 Å². The van der Waals surface area contributed by atoms with Gasteiger partial charge < -0.3 is 19.4 Å². The summed E-state index contributed by atoms with van der Waals surface area (Å²) in [6.07, 6.45) is 9.18. The van der Waals surface area contributed by atoms with Crippen LogP contribution in [0, 0.1) is 5.92 Å². The van der Waals surface area contributed by atoms with Crippen LogP contribution < -0.4 is 5.32 Å². The number of nitrogens with zero attached hydrogens (tertiary/aromatic N) is 3. The molecule has 5 rings (SSSR count). The first-order valence-electron chi connectivity index (χ1n) is 12.3. The van der Waals surface area contributed by atoms with E-state index in [-0.39, 0.29) is 17.9 Å². The molecule has 3 aromatic rings. The lowest BCUT2D eigenvalue weighted by atomic mass is 9.93. The van der Waals surface area contributed by atoms with Crippen molar-refractivity contribution in [3.63, 3.8) is 0 Å². The van der Waals surface area contributed by atoms with Crippen LogP contribution >= 0.6 is 0 Å². The summed E-state index contributed by atoms with van der Waals surface area (Å²) >= 11 is 0. The third kappa shape index (κ3) is 3.65. The molecule has 0 unspecified atom stereocenters. The number of carbonyl (C=O) groups is 2. The summed E-state index contributed by atoms with van der Waals surface area (Å²) in [6, 6.07) is 12.3. The van der Waals surface area contributed by atoms with Gasteiger partial charge in [0.2, 0.25) is 5.91 Å². The standard InChI is InChI=1S/C27H34N4O2/c1-19(2)14-17-31-25(32)24-23(29-15-8-9-16-29)21-12-6-7-13-22(21)30(24)18-27(31,3)26(33)28-20-10-4-5-11-20/h6-9,12-13,15-16,19-20H,4-5,10-11,14,17-18H2,1-3H3,(H,28,33)/t27-/m0/s1. The normalized spacial score (nSPS) is 21.2. The Morgan fingerprint density at radius 2 is 1.82 bits per heavy atom. The molecule has 33 heavy (non-hydrogen) atoms. The van der Waals surface area contributed by atoms with Crippen LogP contribution in [0.5, 0.6) is 0 Å². The maximum absolute atomic E-state index is 14.2. The summed E-state index contributed by atoms with van der Waals surface area (Å²) in [4.78, 5) is 29.8. The lowest BCUT2D eigenvalue weighted by molar-refractivity contribution is -0.133. The van der Waals surface area contributed by atoms with Crippen LogP contribution in [0.15, 0.2) is 48.8 Å². The fraction of sp³-hybridized carbons (Fsp3) is 0.481. The van der Waals surface area contributed by atoms with Gasteiger partial charge in [-0.3, -0.25) is 9.59 Å². The van der Waals surface area contributed by atoms with Crippen molar-refractivity contribution in [3.05, 3.63) is 54.5 Å². The highest BCUT2D eigenvalue weighted by atomic mass is 16.2. The van der Waals surface area contributed by atoms with E-state index in [4.69, 9.17) is 0 Å². The largest absolute Gasteiger partial charge is 0.351 e. The van der Waals surface area contributed by atoms with Crippen molar-refractivity contribution in [2.24, 2.45) is 5.92 Å². The molecule has 6 heteroatoms. The van der Waals surface area contributed by atoms with Gasteiger partial charge in [-0.15, -0.1) is 0 Å². The van der Waals surface area contributed by atoms with E-state index in [0.29, 0.717) is 24.7 Å². The molecule has 2 amide bonds. The minimum atomic E-state index is -0.933. The smallest absolute Gasteiger partial charge is 0.273 e. The highest BCUT2D eigenvalue weighted by Gasteiger charge is 2.49. The van der Waals surface area contributed by atoms with Crippen molar-refractivity contribution in [1.29, 1.82) is 0 Å². The van der Waals surface area contributed by atoms with Crippen LogP contribution in [-0.2, 0) is 11.3 Å². The maximum atomic E-state index is 14.2. The summed E-state index contributed by atoms with van der Waals surface area (Å²) in [5.41, 5.74) is 1.63. The van der Waals surface area contributed by atoms with E-state index in [2.05, 4.69) is 35.9 Å². The molecule has 174 valence electrons. The van der Waals surface area contributed by atoms with Gasteiger partial charge in [0.25, 0.3) is 5.91 Å². The monoisotopic (exact) mass is 446 g/mol. The molecule has 3 heterocycles. The lowest BCUT2D eigenvalue weighted by Gasteiger charge is -2.45. The first-order valence-corrected chi connectivity index (χ1v) is 12.3. The van der Waals surface area contributed by atoms with E-state index < -0.39 is 5.54 Å². The summed E-state index contributed by atoms with van der Waals surface area (Å²) in [5, 5.41) is 4.32. The van der Waals surface area contributed by atoms with E-state index in [0.717, 1.165) is 48.7 Å². The van der Waals surface area contributed by atoms with Crippen molar-refractivity contribution >= 4 is 22.7 Å². The summed E-state index contributed by atoms with van der Waals surface area (Å²) < 4.78 is 4.10. The summed E-state index contributed by atoms with van der Waals surface area (Å²) in [6.45, 7) is 7.28. The summed E-state index contributed by atoms with van der Waals surface area (Å²) in [5.74, 6) is 0.347. The number of carbonyl (C=O) groups excluding carboxylic acids is 2. The Morgan fingerprint density at radius 3 is 2.52 bits per heavy atom. The van der Waals surface area contributed by atoms with Crippen LogP contribution in [-0.4, -0.2) is 44.0 Å². The Kier molecular flexibility index (Phi) is 5.55. The molecule has 1 atom stereocenters. The first kappa shape index (κ1) is 21.8. The molecular formula is C27H34N4O2. The molecule has 6 nitrogen and oxygen atoms in total. The molecule has 0 spiro atoms. The SMILES string of the molecule is CC(C)CCN1C(=O)c2c(-n3cccc3)c3ccccc3n2C[C@@]1(C)C(=O)NC1CCCC1. The van der Waals surface area contributed by atoms with Crippen LogP contribution in [0.3, 0.4) is 0 Å². The Bertz CT molecular complexity index is 1170. The molecule has 0 bridgehead atoms. The number of aromatic nitrogens is 2. The zero-order valence-corrected chi connectivity index (χ0v) is 19.9. The predicted molar refractivity (Wildman–Crippen MR) is 131 cm³/mol. The lowest BCUT2D eigenvalue weighted by Crippen LogP contribution is -2.65. The fourth-order valence-electron chi connectivity index (χ4n) is 5.50. The molecule has 1 aromatic carbocycles. The molecular weight excluding hydrogens is 412 g/mol. The fourth-order valence-corrected chi connectivity index (χ4v) is 5.50. The zero-order valence-electron chi connectivity index (χ0n) is 19.9. The average molecular weight is 447 g/mol. The Balaban J connectivity index is 1.64. The van der Waals surface area contributed by atoms with Crippen molar-refractivity contribution in [2.45, 2.75) is 71.0 Å². The van der Waals surface area contributed by atoms with Crippen molar-refractivity contribution in [1.82, 2.24) is 19.4 Å². The quantitative estimate of drug-likeness (QED) is 0.594. The van der Waals surface area contributed by atoms with E-state index in [1.807, 2.05) is 53.0 Å². The van der Waals surface area contributed by atoms with Gasteiger partial charge in [-0.05, 0) is 50.3 Å². The van der Waals surface area contributed by atoms with Crippen LogP contribution in [0.2, 0.25) is 0 Å². The van der Waals surface area contributed by atoms with E-state index in [1.165, 1.54) is 0 Å². The number of hydrogen-bond acceptors (Lipinski definition) is 2. The highest BCUT2D eigenvalue weighted by molar-refractivity contribution is 6.08. The van der Waals surface area contributed by atoms with Gasteiger partial charge in [0.1, 0.15) is 11.2 Å². The van der Waals surface area contributed by atoms with Gasteiger partial charge in [0, 0.05) is 30.4 Å². The Morgan fingerprint density at radius 1 is 1.12 bits per heavy atom. The van der Waals surface area contributed by atoms with Gasteiger partial charge in [-0.25, -0.2) is 0 Å². The predicted octanol–water partition coefficient (Wildman–Crippen LogP) is 4.75. The third-order valence-electron chi connectivity index (χ3n) is 7.43. The number of fused-ring (bicyclic) bond motifs is 3. The number of para-hydroxylation sites is 1. The molecule has 1 fully saturated rings. The molecule has 1 aliphatic carbocycles. The van der Waals surface area contributed by atoms with E-state index >= 15 is 0 Å². The number of hydrogen-bond donors (Lipinski definition) is 1. The molecule has 1 N–H and O–H groups in total. The molecule has 0 radical (unpaired) electrons. The van der Waals surface area contributed by atoms with Crippen LogP contribution in [0.25, 0.3) is 16.6 Å². The van der Waals surface area contributed by atoms with Gasteiger partial charge in [-0.2, -0.15) is 0 Å². The summed E-state index contributed by atoms with van der Waals surface area (Å²) in [7, 11) is 0. The minimum absolute atomic E-state index is 0.0301. The van der Waals surface area contributed by atoms with Crippen molar-refractivity contribution < 1.29 is 9.59 Å². The average Bonchev–Trinajstić information content (AvgIpc) is 3.54. The molecule has 2 aromatic heterocycles. The van der Waals surface area contributed by atoms with Crippen molar-refractivity contribution in [3.8, 4) is 5.69 Å². The van der Waals surface area contributed by atoms with Crippen LogP contribution in [0.1, 0.15) is 63.4 Å². The molecule has 0 saturated heterocycles. The molecule has 1 aliphatic heterocycles. The third-order valence-corrected chi connectivity index (χ3v) is 7.43. The maximum Gasteiger partial charge on any atom is 0.273 e. The molecule has 1 saturated carbocycles. The minimum Gasteiger partial charge on any atom is -0.351 e. The van der Waals surface area contributed by atoms with Gasteiger partial charge in [-0.1, -0.05) is 44.9 Å². The second-order valence-corrected chi connectivity index (χ2v) is 10.3. The zero-order chi connectivity index (χ0) is 23.2. The number of rotatable bonds is 6. The second kappa shape index (κ2) is 8.40. The van der Waals surface area contributed by atoms with Crippen LogP contribution in [0.4, 0.5) is 0 Å². The second-order valence-electron chi connectivity index (χ2n) is 10.3. The van der Waals surface area contributed by atoms with E-state index in [1.54, 1.807) is 0 Å². The van der Waals surface area contributed by atoms with E-state index in [9.17, 15) is 9.59 Å². The van der Waals surface area contributed by atoms with Gasteiger partial charge >= 0.3 is 0 Å². The van der Waals surface area contributed by atoms with Gasteiger partial charge in [0.15, 0.2) is 0 Å². The number of benzene rings is 1. The first-order chi connectivity index (χ1) is 15.9. The van der Waals surface area contributed by atoms with Crippen molar-refractivity contribution in [2.75, 3.05) is 6.54 Å².